The van der Waals surface area contributed by atoms with Gasteiger partial charge in [0.05, 0.1) is 11.5 Å². The van der Waals surface area contributed by atoms with Crippen LogP contribution in [0.4, 0.5) is 5.69 Å². The van der Waals surface area contributed by atoms with Gasteiger partial charge >= 0.3 is 5.69 Å². The van der Waals surface area contributed by atoms with Crippen LogP contribution in [0.1, 0.15) is 19.3 Å². The highest BCUT2D eigenvalue weighted by molar-refractivity contribution is 5.78. The molecule has 0 atom stereocenters. The number of piperazine rings is 1. The lowest BCUT2D eigenvalue weighted by atomic mass is 10.1. The molecular weight excluding hydrogens is 348 g/mol. The fourth-order valence-electron chi connectivity index (χ4n) is 3.62. The van der Waals surface area contributed by atoms with Crippen molar-refractivity contribution in [3.05, 3.63) is 34.4 Å². The molecule has 0 bridgehead atoms. The fourth-order valence-corrected chi connectivity index (χ4v) is 3.62. The van der Waals surface area contributed by atoms with Gasteiger partial charge in [-0.3, -0.25) is 24.7 Å². The highest BCUT2D eigenvalue weighted by Crippen LogP contribution is 2.25. The quantitative estimate of drug-likeness (QED) is 0.531. The van der Waals surface area contributed by atoms with Crippen molar-refractivity contribution in [2.24, 2.45) is 0 Å². The van der Waals surface area contributed by atoms with E-state index in [9.17, 15) is 14.9 Å². The Hall–Kier alpha value is -2.19. The number of likely N-dealkylation sites (tertiary alicyclic amines) is 1. The van der Waals surface area contributed by atoms with E-state index in [-0.39, 0.29) is 11.6 Å². The van der Waals surface area contributed by atoms with E-state index in [0.717, 1.165) is 58.7 Å². The fraction of sp³-hybridized carbons (Fsp3) is 0.632. The van der Waals surface area contributed by atoms with Crippen molar-refractivity contribution in [1.82, 2.24) is 14.7 Å². The van der Waals surface area contributed by atoms with Gasteiger partial charge in [0, 0.05) is 51.9 Å². The van der Waals surface area contributed by atoms with Crippen molar-refractivity contribution in [1.29, 1.82) is 0 Å². The molecule has 0 N–H and O–H groups in total. The molecule has 0 aliphatic carbocycles. The lowest BCUT2D eigenvalue weighted by Crippen LogP contribution is -2.51. The molecule has 8 heteroatoms. The van der Waals surface area contributed by atoms with Crippen molar-refractivity contribution in [2.75, 3.05) is 59.0 Å². The summed E-state index contributed by atoms with van der Waals surface area (Å²) in [6, 6.07) is 6.45. The predicted octanol–water partition coefficient (Wildman–Crippen LogP) is 1.60. The van der Waals surface area contributed by atoms with Crippen molar-refractivity contribution in [3.63, 3.8) is 0 Å². The zero-order valence-electron chi connectivity index (χ0n) is 15.7. The molecule has 148 valence electrons. The van der Waals surface area contributed by atoms with E-state index in [1.165, 1.54) is 12.5 Å². The predicted molar refractivity (Wildman–Crippen MR) is 102 cm³/mol. The average molecular weight is 376 g/mol. The van der Waals surface area contributed by atoms with E-state index >= 15 is 0 Å². The van der Waals surface area contributed by atoms with Gasteiger partial charge in [-0.1, -0.05) is 12.1 Å². The molecule has 0 aromatic heterocycles. The summed E-state index contributed by atoms with van der Waals surface area (Å²) >= 11 is 0. The van der Waals surface area contributed by atoms with E-state index in [4.69, 9.17) is 4.74 Å². The Kier molecular flexibility index (Phi) is 7.00. The van der Waals surface area contributed by atoms with Crippen LogP contribution < -0.4 is 4.74 Å². The van der Waals surface area contributed by atoms with Crippen LogP contribution in [-0.2, 0) is 4.79 Å². The zero-order chi connectivity index (χ0) is 19.1. The summed E-state index contributed by atoms with van der Waals surface area (Å²) in [7, 11) is 0. The molecule has 2 aliphatic heterocycles. The van der Waals surface area contributed by atoms with E-state index < -0.39 is 4.92 Å². The van der Waals surface area contributed by atoms with E-state index in [2.05, 4.69) is 9.80 Å². The minimum atomic E-state index is -0.423. The second kappa shape index (κ2) is 9.66. The molecule has 2 aliphatic rings. The number of nitrogens with zero attached hydrogens (tertiary/aromatic N) is 4. The van der Waals surface area contributed by atoms with Crippen molar-refractivity contribution >= 4 is 11.6 Å². The number of amides is 1. The Morgan fingerprint density at radius 1 is 1.00 bits per heavy atom. The van der Waals surface area contributed by atoms with Crippen LogP contribution in [0.2, 0.25) is 0 Å². The first-order chi connectivity index (χ1) is 13.1. The van der Waals surface area contributed by atoms with Crippen LogP contribution >= 0.6 is 0 Å². The molecule has 1 aromatic rings. The number of rotatable bonds is 7. The SMILES string of the molecule is O=C(CN1CCN(CCOc2ccccc2[N+](=O)[O-])CC1)N1CCCCC1. The molecule has 0 saturated carbocycles. The van der Waals surface area contributed by atoms with Crippen LogP contribution in [0, 0.1) is 10.1 Å². The number of carbonyl (C=O) groups is 1. The Bertz CT molecular complexity index is 640. The van der Waals surface area contributed by atoms with Gasteiger partial charge in [-0.15, -0.1) is 0 Å². The number of hydrogen-bond acceptors (Lipinski definition) is 6. The third-order valence-corrected chi connectivity index (χ3v) is 5.26. The van der Waals surface area contributed by atoms with Crippen LogP contribution in [0.3, 0.4) is 0 Å². The standard InChI is InChI=1S/C19H28N4O4/c24-19(22-8-4-1-5-9-22)16-21-12-10-20(11-13-21)14-15-27-18-7-3-2-6-17(18)23(25)26/h2-3,6-7H,1,4-5,8-16H2. The molecule has 3 rings (SSSR count). The van der Waals surface area contributed by atoms with E-state index in [1.54, 1.807) is 18.2 Å². The number of hydrogen-bond donors (Lipinski definition) is 0. The minimum absolute atomic E-state index is 0.00135. The zero-order valence-corrected chi connectivity index (χ0v) is 15.7. The van der Waals surface area contributed by atoms with Gasteiger partial charge in [-0.25, -0.2) is 0 Å². The largest absolute Gasteiger partial charge is 0.485 e. The minimum Gasteiger partial charge on any atom is -0.485 e. The Morgan fingerprint density at radius 2 is 1.67 bits per heavy atom. The summed E-state index contributed by atoms with van der Waals surface area (Å²) in [6.45, 7) is 6.96. The van der Waals surface area contributed by atoms with E-state index in [0.29, 0.717) is 18.9 Å². The van der Waals surface area contributed by atoms with Gasteiger partial charge in [0.1, 0.15) is 6.61 Å². The van der Waals surface area contributed by atoms with Gasteiger partial charge in [-0.2, -0.15) is 0 Å². The lowest BCUT2D eigenvalue weighted by molar-refractivity contribution is -0.385. The molecule has 0 unspecified atom stereocenters. The Balaban J connectivity index is 1.36. The molecule has 2 saturated heterocycles. The Labute approximate surface area is 159 Å². The van der Waals surface area contributed by atoms with Crippen LogP contribution in [0.25, 0.3) is 0 Å². The summed E-state index contributed by atoms with van der Waals surface area (Å²) in [4.78, 5) is 29.4. The smallest absolute Gasteiger partial charge is 0.310 e. The summed E-state index contributed by atoms with van der Waals surface area (Å²) in [6.07, 6.45) is 3.48. The molecule has 1 amide bonds. The molecule has 8 nitrogen and oxygen atoms in total. The molecule has 0 radical (unpaired) electrons. The van der Waals surface area contributed by atoms with Crippen LogP contribution in [0.15, 0.2) is 24.3 Å². The maximum absolute atomic E-state index is 12.4. The molecular formula is C19H28N4O4. The van der Waals surface area contributed by atoms with Gasteiger partial charge < -0.3 is 9.64 Å². The van der Waals surface area contributed by atoms with Crippen molar-refractivity contribution in [3.8, 4) is 5.75 Å². The normalized spacial score (nSPS) is 19.0. The molecule has 1 aromatic carbocycles. The third-order valence-electron chi connectivity index (χ3n) is 5.26. The summed E-state index contributed by atoms with van der Waals surface area (Å²) in [5.74, 6) is 0.566. The first kappa shape index (κ1) is 19.6. The number of nitro groups is 1. The number of piperidine rings is 1. The lowest BCUT2D eigenvalue weighted by Gasteiger charge is -2.36. The third kappa shape index (κ3) is 5.64. The van der Waals surface area contributed by atoms with Crippen LogP contribution in [-0.4, -0.2) is 84.5 Å². The van der Waals surface area contributed by atoms with Gasteiger partial charge in [0.15, 0.2) is 5.75 Å². The Morgan fingerprint density at radius 3 is 2.37 bits per heavy atom. The van der Waals surface area contributed by atoms with Crippen molar-refractivity contribution in [2.45, 2.75) is 19.3 Å². The molecule has 0 spiro atoms. The van der Waals surface area contributed by atoms with Crippen LogP contribution in [0.5, 0.6) is 5.75 Å². The monoisotopic (exact) mass is 376 g/mol. The number of para-hydroxylation sites is 2. The molecule has 2 heterocycles. The van der Waals surface area contributed by atoms with Gasteiger partial charge in [0.2, 0.25) is 5.91 Å². The first-order valence-electron chi connectivity index (χ1n) is 9.72. The summed E-state index contributed by atoms with van der Waals surface area (Å²) in [5.41, 5.74) is -0.00135. The molecule has 27 heavy (non-hydrogen) atoms. The van der Waals surface area contributed by atoms with E-state index in [1.807, 2.05) is 4.90 Å². The second-order valence-corrected chi connectivity index (χ2v) is 7.13. The summed E-state index contributed by atoms with van der Waals surface area (Å²) < 4.78 is 5.61. The first-order valence-corrected chi connectivity index (χ1v) is 9.72. The number of benzene rings is 1. The maximum Gasteiger partial charge on any atom is 0.310 e. The van der Waals surface area contributed by atoms with Gasteiger partial charge in [0.25, 0.3) is 0 Å². The maximum atomic E-state index is 12.4. The van der Waals surface area contributed by atoms with Gasteiger partial charge in [-0.05, 0) is 25.3 Å². The highest BCUT2D eigenvalue weighted by atomic mass is 16.6. The average Bonchev–Trinajstić information content (AvgIpc) is 2.70. The number of nitro benzene ring substituents is 1. The number of carbonyl (C=O) groups excluding carboxylic acids is 1. The second-order valence-electron chi connectivity index (χ2n) is 7.13. The topological polar surface area (TPSA) is 79.2 Å². The van der Waals surface area contributed by atoms with Crippen molar-refractivity contribution < 1.29 is 14.5 Å². The number of ether oxygens (including phenoxy) is 1. The summed E-state index contributed by atoms with van der Waals surface area (Å²) in [5, 5.41) is 11.0. The highest BCUT2D eigenvalue weighted by Gasteiger charge is 2.23. The molecule has 2 fully saturated rings.